The van der Waals surface area contributed by atoms with Crippen molar-refractivity contribution in [2.24, 2.45) is 0 Å². The molecule has 0 bridgehead atoms. The van der Waals surface area contributed by atoms with Crippen molar-refractivity contribution in [1.29, 1.82) is 0 Å². The third-order valence-electron chi connectivity index (χ3n) is 2.26. The second kappa shape index (κ2) is 5.33. The summed E-state index contributed by atoms with van der Waals surface area (Å²) in [6.07, 6.45) is 2.32. The van der Waals surface area contributed by atoms with Gasteiger partial charge in [0.1, 0.15) is 0 Å². The summed E-state index contributed by atoms with van der Waals surface area (Å²) in [4.78, 5) is 9.42. The normalized spacial score (nSPS) is 10.5. The number of pyridine rings is 1. The van der Waals surface area contributed by atoms with Crippen LogP contribution in [0.25, 0.3) is 0 Å². The fourth-order valence-corrected chi connectivity index (χ4v) is 2.30. The van der Waals surface area contributed by atoms with Gasteiger partial charge in [0.25, 0.3) is 0 Å². The fraction of sp³-hybridized carbons (Fsp3) is 0.273. The highest BCUT2D eigenvalue weighted by atomic mass is 35.5. The lowest BCUT2D eigenvalue weighted by Gasteiger charge is -2.07. The molecular formula is C11H12ClN3OS. The molecule has 0 aliphatic carbocycles. The van der Waals surface area contributed by atoms with Crippen molar-refractivity contribution in [3.05, 3.63) is 33.4 Å². The van der Waals surface area contributed by atoms with Gasteiger partial charge >= 0.3 is 0 Å². The van der Waals surface area contributed by atoms with Gasteiger partial charge in [0.05, 0.1) is 28.5 Å². The highest BCUT2D eigenvalue weighted by Gasteiger charge is 2.05. The summed E-state index contributed by atoms with van der Waals surface area (Å²) in [5.41, 5.74) is 9.07. The summed E-state index contributed by atoms with van der Waals surface area (Å²) in [7, 11) is 0. The summed E-state index contributed by atoms with van der Waals surface area (Å²) < 4.78 is 5.50. The van der Waals surface area contributed by atoms with E-state index in [1.165, 1.54) is 11.1 Å². The molecular weight excluding hydrogens is 258 g/mol. The van der Waals surface area contributed by atoms with Crippen molar-refractivity contribution in [2.75, 3.05) is 12.3 Å². The van der Waals surface area contributed by atoms with E-state index in [0.717, 1.165) is 12.1 Å². The summed E-state index contributed by atoms with van der Waals surface area (Å²) in [5, 5.41) is 0.508. The van der Waals surface area contributed by atoms with Crippen molar-refractivity contribution < 1.29 is 4.74 Å². The van der Waals surface area contributed by atoms with Crippen LogP contribution in [0.3, 0.4) is 0 Å². The molecule has 0 fully saturated rings. The number of aromatic nitrogens is 2. The maximum atomic E-state index is 5.75. The molecule has 0 amide bonds. The number of hydrogen-bond donors (Lipinski definition) is 1. The lowest BCUT2D eigenvalue weighted by molar-refractivity contribution is 0.312. The number of halogens is 1. The fourth-order valence-electron chi connectivity index (χ4n) is 1.37. The highest BCUT2D eigenvalue weighted by molar-refractivity contribution is 7.09. The van der Waals surface area contributed by atoms with Crippen molar-refractivity contribution in [3.8, 4) is 5.88 Å². The Bertz CT molecular complexity index is 515. The standard InChI is InChI=1S/C11H12ClN3OS/c1-7-10(17-6-15-7)2-3-16-11-9(13)4-8(12)5-14-11/h4-6H,2-3,13H2,1H3. The Morgan fingerprint density at radius 2 is 2.29 bits per heavy atom. The lowest BCUT2D eigenvalue weighted by Crippen LogP contribution is -2.04. The number of anilines is 1. The second-order valence-electron chi connectivity index (χ2n) is 3.51. The molecule has 0 aliphatic rings. The van der Waals surface area contributed by atoms with E-state index in [9.17, 15) is 0 Å². The number of thiazole rings is 1. The molecule has 0 saturated carbocycles. The van der Waals surface area contributed by atoms with Crippen LogP contribution >= 0.6 is 22.9 Å². The van der Waals surface area contributed by atoms with Crippen LogP contribution in [0.5, 0.6) is 5.88 Å². The maximum Gasteiger partial charge on any atom is 0.237 e. The van der Waals surface area contributed by atoms with Crippen LogP contribution in [0.4, 0.5) is 5.69 Å². The largest absolute Gasteiger partial charge is 0.476 e. The highest BCUT2D eigenvalue weighted by Crippen LogP contribution is 2.22. The number of rotatable bonds is 4. The summed E-state index contributed by atoms with van der Waals surface area (Å²) in [5.74, 6) is 0.427. The molecule has 0 aliphatic heterocycles. The van der Waals surface area contributed by atoms with E-state index in [1.807, 2.05) is 12.4 Å². The van der Waals surface area contributed by atoms with Crippen LogP contribution in [-0.4, -0.2) is 16.6 Å². The molecule has 2 aromatic rings. The zero-order valence-electron chi connectivity index (χ0n) is 9.31. The predicted octanol–water partition coefficient (Wildman–Crippen LogP) is 2.70. The van der Waals surface area contributed by atoms with Gasteiger partial charge in [-0.25, -0.2) is 9.97 Å². The van der Waals surface area contributed by atoms with E-state index < -0.39 is 0 Å². The molecule has 17 heavy (non-hydrogen) atoms. The summed E-state index contributed by atoms with van der Waals surface area (Å²) in [6.45, 7) is 2.52. The number of nitrogens with two attached hydrogens (primary N) is 1. The predicted molar refractivity (Wildman–Crippen MR) is 69.7 cm³/mol. The molecule has 0 unspecified atom stereocenters. The van der Waals surface area contributed by atoms with Crippen molar-refractivity contribution in [1.82, 2.24) is 9.97 Å². The van der Waals surface area contributed by atoms with Crippen molar-refractivity contribution in [3.63, 3.8) is 0 Å². The van der Waals surface area contributed by atoms with Crippen molar-refractivity contribution in [2.45, 2.75) is 13.3 Å². The van der Waals surface area contributed by atoms with E-state index in [0.29, 0.717) is 23.2 Å². The Kier molecular flexibility index (Phi) is 3.81. The van der Waals surface area contributed by atoms with Crippen LogP contribution in [0, 0.1) is 6.92 Å². The Balaban J connectivity index is 1.92. The smallest absolute Gasteiger partial charge is 0.237 e. The average Bonchev–Trinajstić information content (AvgIpc) is 2.68. The molecule has 2 aromatic heterocycles. The molecule has 0 aromatic carbocycles. The van der Waals surface area contributed by atoms with Gasteiger partial charge in [-0.2, -0.15) is 0 Å². The van der Waals surface area contributed by atoms with Crippen LogP contribution in [0.2, 0.25) is 5.02 Å². The Hall–Kier alpha value is -1.33. The van der Waals surface area contributed by atoms with E-state index in [4.69, 9.17) is 22.1 Å². The van der Waals surface area contributed by atoms with Gasteiger partial charge < -0.3 is 10.5 Å². The minimum atomic E-state index is 0.427. The van der Waals surface area contributed by atoms with Crippen molar-refractivity contribution >= 4 is 28.6 Å². The first-order chi connectivity index (χ1) is 8.16. The van der Waals surface area contributed by atoms with Gasteiger partial charge in [-0.15, -0.1) is 11.3 Å². The van der Waals surface area contributed by atoms with E-state index in [2.05, 4.69) is 9.97 Å². The third kappa shape index (κ3) is 3.08. The number of aryl methyl sites for hydroxylation is 1. The zero-order valence-corrected chi connectivity index (χ0v) is 10.9. The quantitative estimate of drug-likeness (QED) is 0.927. The van der Waals surface area contributed by atoms with Gasteiger partial charge in [0.2, 0.25) is 5.88 Å². The first-order valence-corrected chi connectivity index (χ1v) is 6.35. The molecule has 0 atom stereocenters. The Labute approximate surface area is 108 Å². The Morgan fingerprint density at radius 3 is 2.94 bits per heavy atom. The maximum absolute atomic E-state index is 5.75. The number of ether oxygens (including phenoxy) is 1. The van der Waals surface area contributed by atoms with E-state index in [-0.39, 0.29) is 0 Å². The Morgan fingerprint density at radius 1 is 1.47 bits per heavy atom. The molecule has 2 heterocycles. The number of hydrogen-bond acceptors (Lipinski definition) is 5. The van der Waals surface area contributed by atoms with Crippen LogP contribution in [0.15, 0.2) is 17.8 Å². The van der Waals surface area contributed by atoms with E-state index in [1.54, 1.807) is 17.4 Å². The summed E-state index contributed by atoms with van der Waals surface area (Å²) >= 11 is 7.38. The first-order valence-electron chi connectivity index (χ1n) is 5.09. The van der Waals surface area contributed by atoms with Gasteiger partial charge in [-0.3, -0.25) is 0 Å². The average molecular weight is 270 g/mol. The minimum absolute atomic E-state index is 0.427. The zero-order chi connectivity index (χ0) is 12.3. The van der Waals surface area contributed by atoms with Gasteiger partial charge in [-0.05, 0) is 13.0 Å². The first kappa shape index (κ1) is 12.1. The molecule has 2 N–H and O–H groups in total. The van der Waals surface area contributed by atoms with Gasteiger partial charge in [0.15, 0.2) is 0 Å². The minimum Gasteiger partial charge on any atom is -0.476 e. The van der Waals surface area contributed by atoms with Gasteiger partial charge in [0, 0.05) is 17.5 Å². The molecule has 0 radical (unpaired) electrons. The molecule has 2 rings (SSSR count). The molecule has 90 valence electrons. The molecule has 6 heteroatoms. The SMILES string of the molecule is Cc1ncsc1CCOc1ncc(Cl)cc1N. The third-order valence-corrected chi connectivity index (χ3v) is 3.46. The molecule has 4 nitrogen and oxygen atoms in total. The van der Waals surface area contributed by atoms with Crippen LogP contribution < -0.4 is 10.5 Å². The monoisotopic (exact) mass is 269 g/mol. The second-order valence-corrected chi connectivity index (χ2v) is 4.88. The molecule has 0 saturated heterocycles. The van der Waals surface area contributed by atoms with Crippen LogP contribution in [0.1, 0.15) is 10.6 Å². The van der Waals surface area contributed by atoms with E-state index >= 15 is 0 Å². The van der Waals surface area contributed by atoms with Crippen LogP contribution in [-0.2, 0) is 6.42 Å². The number of nitrogen functional groups attached to an aromatic ring is 1. The number of nitrogens with zero attached hydrogens (tertiary/aromatic N) is 2. The van der Waals surface area contributed by atoms with Gasteiger partial charge in [-0.1, -0.05) is 11.6 Å². The molecule has 0 spiro atoms. The lowest BCUT2D eigenvalue weighted by atomic mass is 10.3. The topological polar surface area (TPSA) is 61.0 Å². The summed E-state index contributed by atoms with van der Waals surface area (Å²) in [6, 6.07) is 1.63.